The smallest absolute Gasteiger partial charge is 0.305 e. The van der Waals surface area contributed by atoms with Gasteiger partial charge in [-0.1, -0.05) is 12.1 Å². The molecule has 0 bridgehead atoms. The molecule has 0 spiro atoms. The average Bonchev–Trinajstić information content (AvgIpc) is 2.21. The molecule has 5 heteroatoms. The fraction of sp³-hybridized carbons (Fsp3) is 0.273. The Labute approximate surface area is 92.7 Å². The van der Waals surface area contributed by atoms with E-state index in [2.05, 4.69) is 5.32 Å². The van der Waals surface area contributed by atoms with Gasteiger partial charge in [0.1, 0.15) is 5.75 Å². The van der Waals surface area contributed by atoms with E-state index in [0.29, 0.717) is 0 Å². The molecular formula is C11H13NO4. The van der Waals surface area contributed by atoms with Gasteiger partial charge in [0, 0.05) is 6.54 Å². The van der Waals surface area contributed by atoms with Crippen molar-refractivity contribution in [3.8, 4) is 5.75 Å². The molecule has 0 aliphatic carbocycles. The number of aromatic hydroxyl groups is 1. The summed E-state index contributed by atoms with van der Waals surface area (Å²) in [6.07, 6.45) is 0.0984. The van der Waals surface area contributed by atoms with Gasteiger partial charge in [0.15, 0.2) is 0 Å². The maximum absolute atomic E-state index is 11.3. The van der Waals surface area contributed by atoms with Gasteiger partial charge in [0.25, 0.3) is 0 Å². The van der Waals surface area contributed by atoms with Crippen LogP contribution in [0.25, 0.3) is 0 Å². The maximum atomic E-state index is 11.3. The first-order valence-corrected chi connectivity index (χ1v) is 4.84. The van der Waals surface area contributed by atoms with Gasteiger partial charge in [-0.25, -0.2) is 0 Å². The van der Waals surface area contributed by atoms with E-state index in [0.717, 1.165) is 5.56 Å². The molecule has 16 heavy (non-hydrogen) atoms. The zero-order valence-corrected chi connectivity index (χ0v) is 8.64. The lowest BCUT2D eigenvalue weighted by molar-refractivity contribution is -0.136. The van der Waals surface area contributed by atoms with Crippen LogP contribution in [0.5, 0.6) is 5.75 Å². The summed E-state index contributed by atoms with van der Waals surface area (Å²) >= 11 is 0. The second-order valence-electron chi connectivity index (χ2n) is 3.34. The summed E-state index contributed by atoms with van der Waals surface area (Å²) in [4.78, 5) is 21.5. The van der Waals surface area contributed by atoms with Crippen molar-refractivity contribution in [1.29, 1.82) is 0 Å². The van der Waals surface area contributed by atoms with Crippen LogP contribution in [0.3, 0.4) is 0 Å². The van der Waals surface area contributed by atoms with E-state index in [4.69, 9.17) is 10.2 Å². The number of hydrogen-bond donors (Lipinski definition) is 3. The minimum atomic E-state index is -0.940. The number of amides is 1. The van der Waals surface area contributed by atoms with Crippen molar-refractivity contribution in [1.82, 2.24) is 5.32 Å². The second-order valence-corrected chi connectivity index (χ2v) is 3.34. The number of rotatable bonds is 5. The molecule has 0 saturated carbocycles. The topological polar surface area (TPSA) is 86.6 Å². The molecule has 0 aliphatic heterocycles. The van der Waals surface area contributed by atoms with Crippen molar-refractivity contribution in [2.45, 2.75) is 12.8 Å². The van der Waals surface area contributed by atoms with E-state index in [1.54, 1.807) is 12.1 Å². The Hall–Kier alpha value is -2.04. The third-order valence-corrected chi connectivity index (χ3v) is 1.96. The molecule has 86 valence electrons. The third-order valence-electron chi connectivity index (χ3n) is 1.96. The lowest BCUT2D eigenvalue weighted by Gasteiger charge is -2.03. The molecule has 0 aromatic heterocycles. The Kier molecular flexibility index (Phi) is 4.32. The second kappa shape index (κ2) is 5.75. The van der Waals surface area contributed by atoms with Crippen LogP contribution < -0.4 is 5.32 Å². The summed E-state index contributed by atoms with van der Waals surface area (Å²) in [5.74, 6) is -1.02. The molecule has 0 radical (unpaired) electrons. The molecule has 0 heterocycles. The molecule has 0 saturated heterocycles. The number of phenols is 1. The van der Waals surface area contributed by atoms with Gasteiger partial charge >= 0.3 is 5.97 Å². The minimum Gasteiger partial charge on any atom is -0.508 e. The van der Waals surface area contributed by atoms with Crippen LogP contribution >= 0.6 is 0 Å². The molecule has 0 unspecified atom stereocenters. The van der Waals surface area contributed by atoms with Crippen molar-refractivity contribution < 1.29 is 19.8 Å². The number of aliphatic carboxylic acids is 1. The van der Waals surface area contributed by atoms with E-state index in [1.165, 1.54) is 12.1 Å². The van der Waals surface area contributed by atoms with Gasteiger partial charge < -0.3 is 15.5 Å². The van der Waals surface area contributed by atoms with E-state index in [-0.39, 0.29) is 31.0 Å². The number of carboxylic acid groups (broad SMARTS) is 1. The van der Waals surface area contributed by atoms with Crippen molar-refractivity contribution >= 4 is 11.9 Å². The lowest BCUT2D eigenvalue weighted by Crippen LogP contribution is -2.27. The molecule has 0 fully saturated rings. The number of carbonyl (C=O) groups is 2. The van der Waals surface area contributed by atoms with Crippen LogP contribution in [0.1, 0.15) is 12.0 Å². The molecule has 0 atom stereocenters. The first kappa shape index (κ1) is 12.0. The highest BCUT2D eigenvalue weighted by molar-refractivity contribution is 5.79. The van der Waals surface area contributed by atoms with Gasteiger partial charge in [-0.05, 0) is 17.7 Å². The highest BCUT2D eigenvalue weighted by Gasteiger charge is 2.04. The van der Waals surface area contributed by atoms with Crippen LogP contribution in [0.4, 0.5) is 0 Å². The predicted molar refractivity (Wildman–Crippen MR) is 57.1 cm³/mol. The van der Waals surface area contributed by atoms with E-state index < -0.39 is 5.97 Å². The zero-order chi connectivity index (χ0) is 12.0. The monoisotopic (exact) mass is 223 g/mol. The fourth-order valence-corrected chi connectivity index (χ4v) is 1.17. The van der Waals surface area contributed by atoms with Gasteiger partial charge in [0.2, 0.25) is 5.91 Å². The largest absolute Gasteiger partial charge is 0.508 e. The quantitative estimate of drug-likeness (QED) is 0.679. The number of nitrogens with one attached hydrogen (secondary N) is 1. The lowest BCUT2D eigenvalue weighted by atomic mass is 10.1. The number of benzene rings is 1. The molecule has 1 rings (SSSR count). The van der Waals surface area contributed by atoms with Crippen molar-refractivity contribution in [3.05, 3.63) is 29.8 Å². The molecule has 5 nitrogen and oxygen atoms in total. The molecule has 1 aromatic rings. The Morgan fingerprint density at radius 2 is 1.81 bits per heavy atom. The predicted octanol–water partition coefficient (Wildman–Crippen LogP) is 0.526. The highest BCUT2D eigenvalue weighted by Crippen LogP contribution is 2.09. The highest BCUT2D eigenvalue weighted by atomic mass is 16.4. The summed E-state index contributed by atoms with van der Waals surface area (Å²) in [7, 11) is 0. The molecule has 0 aliphatic rings. The Morgan fingerprint density at radius 3 is 2.38 bits per heavy atom. The normalized spacial score (nSPS) is 9.75. The maximum Gasteiger partial charge on any atom is 0.305 e. The zero-order valence-electron chi connectivity index (χ0n) is 8.64. The minimum absolute atomic E-state index is 0.0820. The number of carboxylic acids is 1. The Morgan fingerprint density at radius 1 is 1.19 bits per heavy atom. The molecule has 1 amide bonds. The van der Waals surface area contributed by atoms with Crippen LogP contribution in [0.15, 0.2) is 24.3 Å². The number of phenolic OH excluding ortho intramolecular Hbond substituents is 1. The molecular weight excluding hydrogens is 210 g/mol. The van der Waals surface area contributed by atoms with Crippen molar-refractivity contribution in [2.75, 3.05) is 6.54 Å². The van der Waals surface area contributed by atoms with E-state index in [1.807, 2.05) is 0 Å². The van der Waals surface area contributed by atoms with Crippen LogP contribution in [-0.2, 0) is 16.0 Å². The first-order valence-electron chi connectivity index (χ1n) is 4.84. The van der Waals surface area contributed by atoms with Crippen molar-refractivity contribution in [2.24, 2.45) is 0 Å². The van der Waals surface area contributed by atoms with Gasteiger partial charge in [-0.15, -0.1) is 0 Å². The third kappa shape index (κ3) is 4.45. The van der Waals surface area contributed by atoms with Crippen LogP contribution in [0, 0.1) is 0 Å². The average molecular weight is 223 g/mol. The Bertz CT molecular complexity index is 372. The SMILES string of the molecule is O=C(O)CCNC(=O)Cc1ccc(O)cc1. The summed E-state index contributed by atoms with van der Waals surface area (Å²) in [6, 6.07) is 6.29. The summed E-state index contributed by atoms with van der Waals surface area (Å²) in [5, 5.41) is 19.9. The standard InChI is InChI=1S/C11H13NO4/c13-9-3-1-8(2-4-9)7-10(14)12-6-5-11(15)16/h1-4,13H,5-7H2,(H,12,14)(H,15,16). The van der Waals surface area contributed by atoms with E-state index >= 15 is 0 Å². The van der Waals surface area contributed by atoms with E-state index in [9.17, 15) is 9.59 Å². The van der Waals surface area contributed by atoms with Crippen LogP contribution in [-0.4, -0.2) is 28.6 Å². The van der Waals surface area contributed by atoms with Gasteiger partial charge in [-0.3, -0.25) is 9.59 Å². The fourth-order valence-electron chi connectivity index (χ4n) is 1.17. The van der Waals surface area contributed by atoms with Gasteiger partial charge in [0.05, 0.1) is 12.8 Å². The summed E-state index contributed by atoms with van der Waals surface area (Å²) < 4.78 is 0. The molecule has 3 N–H and O–H groups in total. The first-order chi connectivity index (χ1) is 7.58. The summed E-state index contributed by atoms with van der Waals surface area (Å²) in [5.41, 5.74) is 0.769. The Balaban J connectivity index is 2.34. The van der Waals surface area contributed by atoms with Gasteiger partial charge in [-0.2, -0.15) is 0 Å². The van der Waals surface area contributed by atoms with Crippen molar-refractivity contribution in [3.63, 3.8) is 0 Å². The number of hydrogen-bond acceptors (Lipinski definition) is 3. The number of carbonyl (C=O) groups excluding carboxylic acids is 1. The summed E-state index contributed by atoms with van der Waals surface area (Å²) in [6.45, 7) is 0.131. The van der Waals surface area contributed by atoms with Crippen LogP contribution in [0.2, 0.25) is 0 Å². The molecule has 1 aromatic carbocycles.